The number of aromatic carboxylic acids is 1. The van der Waals surface area contributed by atoms with E-state index in [0.29, 0.717) is 6.54 Å². The quantitative estimate of drug-likeness (QED) is 0.723. The molecule has 1 aliphatic heterocycles. The van der Waals surface area contributed by atoms with E-state index < -0.39 is 35.0 Å². The highest BCUT2D eigenvalue weighted by Gasteiger charge is 2.52. The normalized spacial score (nSPS) is 27.3. The number of hydrogen-bond acceptors (Lipinski definition) is 4. The lowest BCUT2D eigenvalue weighted by atomic mass is 10.00. The van der Waals surface area contributed by atoms with E-state index in [-0.39, 0.29) is 39.5 Å². The second kappa shape index (κ2) is 5.90. The zero-order valence-electron chi connectivity index (χ0n) is 14.8. The number of aromatic nitrogens is 1. The van der Waals surface area contributed by atoms with Crippen LogP contribution in [0.3, 0.4) is 0 Å². The summed E-state index contributed by atoms with van der Waals surface area (Å²) in [5.41, 5.74) is -1.02. The van der Waals surface area contributed by atoms with Crippen LogP contribution in [0.15, 0.2) is 17.1 Å². The number of fused-ring (bicyclic) bond motifs is 1. The average Bonchev–Trinajstić information content (AvgIpc) is 3.52. The minimum atomic E-state index is -1.44. The first-order chi connectivity index (χ1) is 13.3. The number of carbonyl (C=O) groups is 1. The van der Waals surface area contributed by atoms with Gasteiger partial charge >= 0.3 is 5.97 Å². The van der Waals surface area contributed by atoms with Gasteiger partial charge in [-0.3, -0.25) is 4.79 Å². The molecule has 2 aliphatic carbocycles. The number of rotatable bonds is 4. The molecule has 3 aliphatic rings. The van der Waals surface area contributed by atoms with Gasteiger partial charge in [0.2, 0.25) is 5.43 Å². The van der Waals surface area contributed by atoms with Gasteiger partial charge in [-0.05, 0) is 18.9 Å². The molecule has 1 aromatic carbocycles. The fourth-order valence-corrected chi connectivity index (χ4v) is 4.64. The van der Waals surface area contributed by atoms with Crippen molar-refractivity contribution in [2.75, 3.05) is 18.4 Å². The lowest BCUT2D eigenvalue weighted by Crippen LogP contribution is -2.30. The van der Waals surface area contributed by atoms with Gasteiger partial charge in [-0.15, -0.1) is 0 Å². The number of pyridine rings is 1. The maximum absolute atomic E-state index is 14.9. The van der Waals surface area contributed by atoms with E-state index in [1.807, 2.05) is 0 Å². The van der Waals surface area contributed by atoms with Gasteiger partial charge in [-0.2, -0.15) is 0 Å². The van der Waals surface area contributed by atoms with Gasteiger partial charge in [0.25, 0.3) is 0 Å². The summed E-state index contributed by atoms with van der Waals surface area (Å²) in [6, 6.07) is 0.400. The Balaban J connectivity index is 1.70. The van der Waals surface area contributed by atoms with Crippen molar-refractivity contribution >= 4 is 34.2 Å². The van der Waals surface area contributed by atoms with Crippen LogP contribution in [0, 0.1) is 11.2 Å². The van der Waals surface area contributed by atoms with Gasteiger partial charge in [0.05, 0.1) is 27.7 Å². The highest BCUT2D eigenvalue weighted by molar-refractivity contribution is 6.38. The van der Waals surface area contributed by atoms with E-state index in [1.54, 1.807) is 0 Å². The highest BCUT2D eigenvalue weighted by Crippen LogP contribution is 2.52. The van der Waals surface area contributed by atoms with E-state index in [1.165, 1.54) is 4.57 Å². The summed E-state index contributed by atoms with van der Waals surface area (Å²) in [6.07, 6.45) is 2.25. The summed E-state index contributed by atoms with van der Waals surface area (Å²) in [5, 5.41) is 15.6. The second-order valence-electron chi connectivity index (χ2n) is 8.04. The van der Waals surface area contributed by atoms with Gasteiger partial charge in [0, 0.05) is 37.2 Å². The number of hydrogen-bond donors (Lipinski definition) is 3. The molecule has 6 nitrogen and oxygen atoms in total. The molecule has 1 unspecified atom stereocenters. The number of alkyl halides is 1. The Hall–Kier alpha value is -2.19. The lowest BCUT2D eigenvalue weighted by Gasteiger charge is -2.23. The zero-order chi connectivity index (χ0) is 19.8. The van der Waals surface area contributed by atoms with Crippen molar-refractivity contribution < 1.29 is 18.7 Å². The summed E-state index contributed by atoms with van der Waals surface area (Å²) >= 11 is 6.51. The first kappa shape index (κ1) is 17.9. The second-order valence-corrected chi connectivity index (χ2v) is 8.42. The van der Waals surface area contributed by atoms with E-state index in [9.17, 15) is 23.5 Å². The Bertz CT molecular complexity index is 1080. The van der Waals surface area contributed by atoms with Crippen molar-refractivity contribution in [1.29, 1.82) is 0 Å². The predicted molar refractivity (Wildman–Crippen MR) is 101 cm³/mol. The number of benzene rings is 1. The van der Waals surface area contributed by atoms with Crippen molar-refractivity contribution in [3.8, 4) is 0 Å². The minimum Gasteiger partial charge on any atom is -0.477 e. The molecule has 28 heavy (non-hydrogen) atoms. The molecule has 3 atom stereocenters. The SMILES string of the molecule is O=C(O)c1cn([C@@H]2C[C@@H]2F)c2c(Cl)c(NC3CNCC34CC4)c(F)cc2c1=O. The number of nitrogens with one attached hydrogen (secondary N) is 2. The molecule has 0 radical (unpaired) electrons. The Kier molecular flexibility index (Phi) is 3.77. The molecular formula is C19H18ClF2N3O3. The van der Waals surface area contributed by atoms with E-state index >= 15 is 0 Å². The molecule has 3 fully saturated rings. The van der Waals surface area contributed by atoms with Crippen LogP contribution in [0.2, 0.25) is 5.02 Å². The summed E-state index contributed by atoms with van der Waals surface area (Å²) in [6.45, 7) is 1.53. The molecule has 9 heteroatoms. The third kappa shape index (κ3) is 2.54. The number of carboxylic acid groups (broad SMARTS) is 1. The number of halogens is 3. The van der Waals surface area contributed by atoms with Crippen molar-refractivity contribution in [1.82, 2.24) is 9.88 Å². The Morgan fingerprint density at radius 3 is 2.75 bits per heavy atom. The molecule has 1 aromatic heterocycles. The van der Waals surface area contributed by atoms with Crippen molar-refractivity contribution in [3.05, 3.63) is 38.9 Å². The molecule has 2 heterocycles. The first-order valence-electron chi connectivity index (χ1n) is 9.24. The molecule has 5 rings (SSSR count). The van der Waals surface area contributed by atoms with E-state index in [4.69, 9.17) is 11.6 Å². The minimum absolute atomic E-state index is 0.00487. The van der Waals surface area contributed by atoms with Crippen LogP contribution in [-0.4, -0.2) is 40.9 Å². The third-order valence-electron chi connectivity index (χ3n) is 6.25. The van der Waals surface area contributed by atoms with Gasteiger partial charge in [0.1, 0.15) is 17.6 Å². The monoisotopic (exact) mass is 409 g/mol. The van der Waals surface area contributed by atoms with E-state index in [0.717, 1.165) is 31.6 Å². The van der Waals surface area contributed by atoms with Crippen LogP contribution < -0.4 is 16.1 Å². The van der Waals surface area contributed by atoms with Crippen LogP contribution >= 0.6 is 11.6 Å². The Morgan fingerprint density at radius 2 is 2.14 bits per heavy atom. The number of nitrogens with zero attached hydrogens (tertiary/aromatic N) is 1. The van der Waals surface area contributed by atoms with Crippen LogP contribution in [-0.2, 0) is 0 Å². The molecule has 1 spiro atoms. The summed E-state index contributed by atoms with van der Waals surface area (Å²) in [5.74, 6) is -2.16. The van der Waals surface area contributed by atoms with Crippen LogP contribution in [0.25, 0.3) is 10.9 Å². The summed E-state index contributed by atoms with van der Waals surface area (Å²) < 4.78 is 30.1. The molecule has 148 valence electrons. The fourth-order valence-electron chi connectivity index (χ4n) is 4.30. The van der Waals surface area contributed by atoms with Crippen molar-refractivity contribution in [2.45, 2.75) is 37.5 Å². The maximum Gasteiger partial charge on any atom is 0.341 e. The van der Waals surface area contributed by atoms with Gasteiger partial charge in [-0.25, -0.2) is 13.6 Å². The molecule has 1 saturated heterocycles. The van der Waals surface area contributed by atoms with Crippen LogP contribution in [0.5, 0.6) is 0 Å². The van der Waals surface area contributed by atoms with Crippen molar-refractivity contribution in [3.63, 3.8) is 0 Å². The lowest BCUT2D eigenvalue weighted by molar-refractivity contribution is 0.0694. The van der Waals surface area contributed by atoms with E-state index in [2.05, 4.69) is 10.6 Å². The maximum atomic E-state index is 14.9. The van der Waals surface area contributed by atoms with Gasteiger partial charge in [-0.1, -0.05) is 11.6 Å². The zero-order valence-corrected chi connectivity index (χ0v) is 15.5. The number of anilines is 1. The van der Waals surface area contributed by atoms with Crippen LogP contribution in [0.1, 0.15) is 35.7 Å². The average molecular weight is 410 g/mol. The summed E-state index contributed by atoms with van der Waals surface area (Å²) in [4.78, 5) is 24.0. The summed E-state index contributed by atoms with van der Waals surface area (Å²) in [7, 11) is 0. The molecule has 0 bridgehead atoms. The Morgan fingerprint density at radius 1 is 1.43 bits per heavy atom. The van der Waals surface area contributed by atoms with Crippen molar-refractivity contribution in [2.24, 2.45) is 5.41 Å². The molecule has 2 aromatic rings. The molecule has 0 amide bonds. The smallest absolute Gasteiger partial charge is 0.341 e. The number of carboxylic acids is 1. The fraction of sp³-hybridized carbons (Fsp3) is 0.474. The van der Waals surface area contributed by atoms with Crippen LogP contribution in [0.4, 0.5) is 14.5 Å². The highest BCUT2D eigenvalue weighted by atomic mass is 35.5. The first-order valence-corrected chi connectivity index (χ1v) is 9.62. The predicted octanol–water partition coefficient (Wildman–Crippen LogP) is 2.94. The van der Waals surface area contributed by atoms with Gasteiger partial charge in [0.15, 0.2) is 0 Å². The Labute approximate surface area is 163 Å². The molecule has 2 saturated carbocycles. The van der Waals surface area contributed by atoms with Gasteiger partial charge < -0.3 is 20.3 Å². The molecule has 3 N–H and O–H groups in total. The molecular weight excluding hydrogens is 392 g/mol. The third-order valence-corrected chi connectivity index (χ3v) is 6.62. The topological polar surface area (TPSA) is 83.4 Å². The standard InChI is InChI=1S/C19H18ClF2N3O3/c20-14-15(24-13-5-23-7-19(13)1-2-19)11(22)3-8-16(14)25(12-4-10(12)21)6-9(17(8)26)18(27)28/h3,6,10,12-13,23-24H,1-2,4-5,7H2,(H,27,28)/t10-,12+,13?/m0/s1. The largest absolute Gasteiger partial charge is 0.477 e.